The van der Waals surface area contributed by atoms with E-state index in [0.29, 0.717) is 11.0 Å². The van der Waals surface area contributed by atoms with Crippen molar-refractivity contribution in [2.45, 2.75) is 19.5 Å². The van der Waals surface area contributed by atoms with E-state index in [2.05, 4.69) is 9.97 Å². The lowest BCUT2D eigenvalue weighted by Gasteiger charge is -2.04. The molecule has 0 spiro atoms. The second-order valence-corrected chi connectivity index (χ2v) is 3.36. The normalized spacial score (nSPS) is 10.9. The first-order valence-electron chi connectivity index (χ1n) is 5.04. The van der Waals surface area contributed by atoms with E-state index >= 15 is 0 Å². The van der Waals surface area contributed by atoms with Crippen molar-refractivity contribution < 1.29 is 23.1 Å². The second kappa shape index (κ2) is 5.52. The van der Waals surface area contributed by atoms with E-state index in [0.717, 1.165) is 12.3 Å². The largest absolute Gasteiger partial charge is 0.550 e. The van der Waals surface area contributed by atoms with Crippen molar-refractivity contribution >= 4 is 17.0 Å². The van der Waals surface area contributed by atoms with Crippen LogP contribution in [0.15, 0.2) is 24.5 Å². The Morgan fingerprint density at radius 2 is 2.11 bits per heavy atom. The molecule has 0 unspecified atom stereocenters. The third-order valence-corrected chi connectivity index (χ3v) is 2.02. The first-order chi connectivity index (χ1) is 8.34. The molecule has 0 radical (unpaired) electrons. The van der Waals surface area contributed by atoms with Crippen LogP contribution in [-0.4, -0.2) is 15.9 Å². The molecule has 0 fully saturated rings. The van der Waals surface area contributed by atoms with E-state index in [-0.39, 0.29) is 6.42 Å². The van der Waals surface area contributed by atoms with Crippen LogP contribution in [0.3, 0.4) is 0 Å². The fourth-order valence-corrected chi connectivity index (χ4v) is 1.09. The number of halogens is 3. The average Bonchev–Trinajstić information content (AvgIpc) is 2.75. The maximum absolute atomic E-state index is 12.2. The molecule has 0 aliphatic heterocycles. The summed E-state index contributed by atoms with van der Waals surface area (Å²) >= 11 is 0. The maximum atomic E-state index is 12.2. The summed E-state index contributed by atoms with van der Waals surface area (Å²) in [6, 6.07) is 2.62. The highest BCUT2D eigenvalue weighted by Gasteiger charge is 2.30. The lowest BCUT2D eigenvalue weighted by atomic mass is 10.2. The SMILES string of the molecule is CCC(=O)[O-].FC(F)(F)c1cnc2[nH]ccc2c1. The fraction of sp³-hybridized carbons (Fsp3) is 0.273. The van der Waals surface area contributed by atoms with Crippen LogP contribution in [0.1, 0.15) is 18.9 Å². The molecule has 98 valence electrons. The van der Waals surface area contributed by atoms with Crippen LogP contribution in [0.4, 0.5) is 13.2 Å². The zero-order valence-corrected chi connectivity index (χ0v) is 9.41. The van der Waals surface area contributed by atoms with Gasteiger partial charge < -0.3 is 14.9 Å². The molecule has 2 aromatic rings. The van der Waals surface area contributed by atoms with Gasteiger partial charge in [-0.1, -0.05) is 6.92 Å². The van der Waals surface area contributed by atoms with E-state index in [9.17, 15) is 23.1 Å². The number of nitrogens with zero attached hydrogens (tertiary/aromatic N) is 1. The van der Waals surface area contributed by atoms with E-state index < -0.39 is 17.7 Å². The van der Waals surface area contributed by atoms with Gasteiger partial charge in [0.1, 0.15) is 5.65 Å². The molecule has 4 nitrogen and oxygen atoms in total. The highest BCUT2D eigenvalue weighted by atomic mass is 19.4. The molecular formula is C11H10F3N2O2-. The number of carbonyl (C=O) groups is 1. The van der Waals surface area contributed by atoms with Gasteiger partial charge in [-0.25, -0.2) is 4.98 Å². The molecule has 0 bridgehead atoms. The molecule has 2 heterocycles. The summed E-state index contributed by atoms with van der Waals surface area (Å²) in [5.74, 6) is -0.995. The Labute approximate surface area is 100 Å². The topological polar surface area (TPSA) is 68.8 Å². The van der Waals surface area contributed by atoms with Crippen LogP contribution >= 0.6 is 0 Å². The lowest BCUT2D eigenvalue weighted by molar-refractivity contribution is -0.305. The molecular weight excluding hydrogens is 249 g/mol. The lowest BCUT2D eigenvalue weighted by Crippen LogP contribution is -2.19. The zero-order chi connectivity index (χ0) is 13.8. The molecule has 7 heteroatoms. The van der Waals surface area contributed by atoms with E-state index in [1.54, 1.807) is 12.3 Å². The second-order valence-electron chi connectivity index (χ2n) is 3.36. The Hall–Kier alpha value is -2.05. The first kappa shape index (κ1) is 14.0. The summed E-state index contributed by atoms with van der Waals surface area (Å²) in [4.78, 5) is 15.6. The van der Waals surface area contributed by atoms with Gasteiger partial charge in [-0.15, -0.1) is 0 Å². The molecule has 0 aromatic carbocycles. The average molecular weight is 259 g/mol. The van der Waals surface area contributed by atoms with Crippen molar-refractivity contribution in [1.29, 1.82) is 0 Å². The number of carboxylic acid groups (broad SMARTS) is 1. The minimum atomic E-state index is -4.32. The third kappa shape index (κ3) is 3.76. The molecule has 2 aromatic heterocycles. The van der Waals surface area contributed by atoms with Gasteiger partial charge in [-0.05, 0) is 18.6 Å². The van der Waals surface area contributed by atoms with Gasteiger partial charge in [0, 0.05) is 23.7 Å². The molecule has 0 aliphatic carbocycles. The summed E-state index contributed by atoms with van der Waals surface area (Å²) in [5, 5.41) is 9.72. The minimum absolute atomic E-state index is 0.111. The van der Waals surface area contributed by atoms with Crippen LogP contribution < -0.4 is 5.11 Å². The standard InChI is InChI=1S/C8H5F3N2.C3H6O2/c9-8(10,11)6-3-5-1-2-12-7(5)13-4-6;1-2-3(4)5/h1-4H,(H,12,13);2H2,1H3,(H,4,5)/p-1. The van der Waals surface area contributed by atoms with Crippen LogP contribution in [0, 0.1) is 0 Å². The smallest absolute Gasteiger partial charge is 0.417 e. The number of aromatic nitrogens is 2. The molecule has 2 rings (SSSR count). The van der Waals surface area contributed by atoms with E-state index in [4.69, 9.17) is 0 Å². The van der Waals surface area contributed by atoms with E-state index in [1.807, 2.05) is 0 Å². The number of aliphatic carboxylic acids is 1. The number of nitrogens with one attached hydrogen (secondary N) is 1. The highest BCUT2D eigenvalue weighted by Crippen LogP contribution is 2.29. The number of carbonyl (C=O) groups excluding carboxylic acids is 1. The molecule has 0 amide bonds. The van der Waals surface area contributed by atoms with Crippen LogP contribution in [0.5, 0.6) is 0 Å². The van der Waals surface area contributed by atoms with Crippen molar-refractivity contribution in [2.75, 3.05) is 0 Å². The van der Waals surface area contributed by atoms with Gasteiger partial charge >= 0.3 is 6.18 Å². The molecule has 0 saturated carbocycles. The van der Waals surface area contributed by atoms with Crippen molar-refractivity contribution in [3.05, 3.63) is 30.1 Å². The van der Waals surface area contributed by atoms with Gasteiger partial charge in [0.05, 0.1) is 5.56 Å². The number of alkyl halides is 3. The number of pyridine rings is 1. The van der Waals surface area contributed by atoms with Crippen LogP contribution in [-0.2, 0) is 11.0 Å². The van der Waals surface area contributed by atoms with Crippen LogP contribution in [0.2, 0.25) is 0 Å². The van der Waals surface area contributed by atoms with Gasteiger partial charge in [0.15, 0.2) is 0 Å². The Bertz CT molecular complexity index is 534. The Morgan fingerprint density at radius 1 is 1.50 bits per heavy atom. The van der Waals surface area contributed by atoms with Crippen LogP contribution in [0.25, 0.3) is 11.0 Å². The van der Waals surface area contributed by atoms with Gasteiger partial charge in [0.25, 0.3) is 0 Å². The highest BCUT2D eigenvalue weighted by molar-refractivity contribution is 5.75. The van der Waals surface area contributed by atoms with Crippen molar-refractivity contribution in [3.63, 3.8) is 0 Å². The number of hydrogen-bond acceptors (Lipinski definition) is 3. The maximum Gasteiger partial charge on any atom is 0.417 e. The monoisotopic (exact) mass is 259 g/mol. The summed E-state index contributed by atoms with van der Waals surface area (Å²) in [7, 11) is 0. The fourth-order valence-electron chi connectivity index (χ4n) is 1.09. The van der Waals surface area contributed by atoms with Gasteiger partial charge in [0.2, 0.25) is 0 Å². The number of carboxylic acids is 1. The number of hydrogen-bond donors (Lipinski definition) is 1. The van der Waals surface area contributed by atoms with E-state index in [1.165, 1.54) is 6.92 Å². The number of H-pyrrole nitrogens is 1. The van der Waals surface area contributed by atoms with Crippen molar-refractivity contribution in [3.8, 4) is 0 Å². The van der Waals surface area contributed by atoms with Crippen molar-refractivity contribution in [2.24, 2.45) is 0 Å². The number of rotatable bonds is 1. The van der Waals surface area contributed by atoms with Crippen molar-refractivity contribution in [1.82, 2.24) is 9.97 Å². The Kier molecular flexibility index (Phi) is 4.30. The molecule has 1 N–H and O–H groups in total. The molecule has 18 heavy (non-hydrogen) atoms. The summed E-state index contributed by atoms with van der Waals surface area (Å²) in [6.45, 7) is 1.54. The zero-order valence-electron chi connectivity index (χ0n) is 9.41. The third-order valence-electron chi connectivity index (χ3n) is 2.02. The quantitative estimate of drug-likeness (QED) is 0.847. The summed E-state index contributed by atoms with van der Waals surface area (Å²) < 4.78 is 36.5. The van der Waals surface area contributed by atoms with Gasteiger partial charge in [-0.2, -0.15) is 13.2 Å². The number of aromatic amines is 1. The predicted molar refractivity (Wildman–Crippen MR) is 56.4 cm³/mol. The summed E-state index contributed by atoms with van der Waals surface area (Å²) in [6.07, 6.45) is -1.84. The Balaban J connectivity index is 0.000000280. The molecule has 0 atom stereocenters. The Morgan fingerprint density at radius 3 is 2.61 bits per heavy atom. The number of fused-ring (bicyclic) bond motifs is 1. The molecule has 0 aliphatic rings. The predicted octanol–water partition coefficient (Wildman–Crippen LogP) is 1.73. The van der Waals surface area contributed by atoms with Gasteiger partial charge in [-0.3, -0.25) is 0 Å². The molecule has 0 saturated heterocycles. The first-order valence-corrected chi connectivity index (χ1v) is 5.04. The minimum Gasteiger partial charge on any atom is -0.550 e. The summed E-state index contributed by atoms with van der Waals surface area (Å²) in [5.41, 5.74) is -0.257.